The molecule has 20 heavy (non-hydrogen) atoms. The van der Waals surface area contributed by atoms with E-state index in [1.54, 1.807) is 12.1 Å². The lowest BCUT2D eigenvalue weighted by Gasteiger charge is -2.08. The molecule has 1 amide bonds. The number of amides is 1. The van der Waals surface area contributed by atoms with Gasteiger partial charge in [0.2, 0.25) is 5.91 Å². The Kier molecular flexibility index (Phi) is 4.55. The van der Waals surface area contributed by atoms with Crippen molar-refractivity contribution in [2.45, 2.75) is 20.3 Å². The molecule has 0 radical (unpaired) electrons. The molecule has 0 spiro atoms. The summed E-state index contributed by atoms with van der Waals surface area (Å²) < 4.78 is 14.4. The molecule has 0 saturated carbocycles. The molecule has 2 aromatic rings. The molecule has 0 aliphatic carbocycles. The summed E-state index contributed by atoms with van der Waals surface area (Å²) in [6.45, 7) is 3.94. The molecule has 0 bridgehead atoms. The zero-order valence-electron chi connectivity index (χ0n) is 11.3. The summed E-state index contributed by atoms with van der Waals surface area (Å²) in [4.78, 5) is 12.0. The zero-order chi connectivity index (χ0) is 14.7. The summed E-state index contributed by atoms with van der Waals surface area (Å²) in [6.07, 6.45) is 0.0122. The van der Waals surface area contributed by atoms with E-state index in [9.17, 15) is 9.18 Å². The molecule has 0 aromatic heterocycles. The summed E-state index contributed by atoms with van der Waals surface area (Å²) in [5.74, 6) is -0.601. The van der Waals surface area contributed by atoms with Crippen LogP contribution in [0.3, 0.4) is 0 Å². The summed E-state index contributed by atoms with van der Waals surface area (Å²) in [5.41, 5.74) is 3.27. The molecule has 2 nitrogen and oxygen atoms in total. The van der Waals surface area contributed by atoms with Crippen LogP contribution < -0.4 is 5.32 Å². The van der Waals surface area contributed by atoms with Gasteiger partial charge in [-0.2, -0.15) is 0 Å². The third-order valence-corrected chi connectivity index (χ3v) is 3.36. The van der Waals surface area contributed by atoms with E-state index in [4.69, 9.17) is 0 Å². The molecule has 0 aliphatic heterocycles. The van der Waals surface area contributed by atoms with Crippen LogP contribution in [0.1, 0.15) is 16.7 Å². The number of nitrogens with one attached hydrogen (secondary N) is 1. The van der Waals surface area contributed by atoms with Gasteiger partial charge in [-0.3, -0.25) is 4.79 Å². The van der Waals surface area contributed by atoms with Gasteiger partial charge in [-0.25, -0.2) is 4.39 Å². The molecule has 0 saturated heterocycles. The van der Waals surface area contributed by atoms with Crippen molar-refractivity contribution in [1.82, 2.24) is 0 Å². The number of rotatable bonds is 3. The molecular formula is C16H15BrFNO. The third-order valence-electron chi connectivity index (χ3n) is 2.86. The van der Waals surface area contributed by atoms with Gasteiger partial charge in [0, 0.05) is 10.2 Å². The molecule has 0 aliphatic rings. The molecule has 1 N–H and O–H groups in total. The highest BCUT2D eigenvalue weighted by molar-refractivity contribution is 9.10. The smallest absolute Gasteiger partial charge is 0.228 e. The Balaban J connectivity index is 2.11. The van der Waals surface area contributed by atoms with Gasteiger partial charge in [0.15, 0.2) is 0 Å². The number of hydrogen-bond donors (Lipinski definition) is 1. The first-order valence-electron chi connectivity index (χ1n) is 6.26. The summed E-state index contributed by atoms with van der Waals surface area (Å²) >= 11 is 3.27. The van der Waals surface area contributed by atoms with Crippen LogP contribution in [0.25, 0.3) is 0 Å². The van der Waals surface area contributed by atoms with Gasteiger partial charge in [-0.1, -0.05) is 22.0 Å². The van der Waals surface area contributed by atoms with Gasteiger partial charge < -0.3 is 5.32 Å². The van der Waals surface area contributed by atoms with Crippen molar-refractivity contribution in [3.8, 4) is 0 Å². The number of halogens is 2. The largest absolute Gasteiger partial charge is 0.326 e. The highest BCUT2D eigenvalue weighted by Gasteiger charge is 2.09. The fourth-order valence-electron chi connectivity index (χ4n) is 2.10. The van der Waals surface area contributed by atoms with Crippen LogP contribution in [0, 0.1) is 19.7 Å². The summed E-state index contributed by atoms with van der Waals surface area (Å²) in [5, 5.41) is 2.80. The number of carbonyl (C=O) groups is 1. The zero-order valence-corrected chi connectivity index (χ0v) is 12.9. The van der Waals surface area contributed by atoms with Crippen molar-refractivity contribution in [2.75, 3.05) is 5.32 Å². The topological polar surface area (TPSA) is 29.1 Å². The Morgan fingerprint density at radius 3 is 2.45 bits per heavy atom. The maximum absolute atomic E-state index is 13.6. The van der Waals surface area contributed by atoms with Crippen LogP contribution in [0.5, 0.6) is 0 Å². The second-order valence-corrected chi connectivity index (χ2v) is 5.75. The fraction of sp³-hybridized carbons (Fsp3) is 0.188. The molecule has 4 heteroatoms. The first kappa shape index (κ1) is 14.7. The number of aryl methyl sites for hydroxylation is 2. The molecule has 104 valence electrons. The van der Waals surface area contributed by atoms with Crippen molar-refractivity contribution in [3.05, 3.63) is 63.4 Å². The highest BCUT2D eigenvalue weighted by atomic mass is 79.9. The Morgan fingerprint density at radius 1 is 1.15 bits per heavy atom. The minimum atomic E-state index is -0.372. The number of hydrogen-bond acceptors (Lipinski definition) is 1. The highest BCUT2D eigenvalue weighted by Crippen LogP contribution is 2.18. The van der Waals surface area contributed by atoms with Gasteiger partial charge in [0.05, 0.1) is 6.42 Å². The monoisotopic (exact) mass is 335 g/mol. The second-order valence-electron chi connectivity index (χ2n) is 4.84. The van der Waals surface area contributed by atoms with Crippen LogP contribution >= 0.6 is 15.9 Å². The van der Waals surface area contributed by atoms with Crippen LogP contribution in [-0.2, 0) is 11.2 Å². The predicted molar refractivity (Wildman–Crippen MR) is 82.3 cm³/mol. The summed E-state index contributed by atoms with van der Waals surface area (Å²) in [7, 11) is 0. The van der Waals surface area contributed by atoms with E-state index >= 15 is 0 Å². The van der Waals surface area contributed by atoms with Crippen molar-refractivity contribution in [3.63, 3.8) is 0 Å². The quantitative estimate of drug-likeness (QED) is 0.885. The maximum Gasteiger partial charge on any atom is 0.228 e. The minimum Gasteiger partial charge on any atom is -0.326 e. The number of benzene rings is 2. The van der Waals surface area contributed by atoms with E-state index in [1.165, 1.54) is 6.07 Å². The molecule has 2 rings (SSSR count). The Labute approximate surface area is 126 Å². The first-order chi connectivity index (χ1) is 9.44. The minimum absolute atomic E-state index is 0.0122. The Morgan fingerprint density at radius 2 is 1.80 bits per heavy atom. The normalized spacial score (nSPS) is 10.4. The lowest BCUT2D eigenvalue weighted by atomic mass is 10.1. The second kappa shape index (κ2) is 6.18. The fourth-order valence-corrected chi connectivity index (χ4v) is 2.51. The Bertz CT molecular complexity index is 635. The van der Waals surface area contributed by atoms with Gasteiger partial charge in [0.1, 0.15) is 5.82 Å². The summed E-state index contributed by atoms with van der Waals surface area (Å²) in [6, 6.07) is 10.4. The maximum atomic E-state index is 13.6. The van der Waals surface area contributed by atoms with Gasteiger partial charge in [0.25, 0.3) is 0 Å². The first-order valence-corrected chi connectivity index (χ1v) is 7.05. The third kappa shape index (κ3) is 3.90. The molecule has 0 atom stereocenters. The predicted octanol–water partition coefficient (Wildman–Crippen LogP) is 4.39. The van der Waals surface area contributed by atoms with E-state index in [0.717, 1.165) is 21.3 Å². The molecule has 0 heterocycles. The van der Waals surface area contributed by atoms with Crippen LogP contribution in [0.4, 0.5) is 10.1 Å². The van der Waals surface area contributed by atoms with Gasteiger partial charge in [-0.15, -0.1) is 0 Å². The van der Waals surface area contributed by atoms with Gasteiger partial charge >= 0.3 is 0 Å². The van der Waals surface area contributed by atoms with Crippen molar-refractivity contribution >= 4 is 27.5 Å². The molecule has 0 unspecified atom stereocenters. The van der Waals surface area contributed by atoms with E-state index in [1.807, 2.05) is 32.0 Å². The van der Waals surface area contributed by atoms with Crippen molar-refractivity contribution in [1.29, 1.82) is 0 Å². The van der Waals surface area contributed by atoms with Crippen LogP contribution in [-0.4, -0.2) is 5.91 Å². The standard InChI is InChI=1S/C16H15BrFNO/c1-10-5-11(2)7-14(6-10)19-16(20)9-12-8-13(17)3-4-15(12)18/h3-8H,9H2,1-2H3,(H,19,20). The average Bonchev–Trinajstić information content (AvgIpc) is 2.32. The lowest BCUT2D eigenvalue weighted by Crippen LogP contribution is -2.15. The van der Waals surface area contributed by atoms with Crippen molar-refractivity contribution in [2.24, 2.45) is 0 Å². The lowest BCUT2D eigenvalue weighted by molar-refractivity contribution is -0.115. The van der Waals surface area contributed by atoms with Crippen molar-refractivity contribution < 1.29 is 9.18 Å². The van der Waals surface area contributed by atoms with Gasteiger partial charge in [-0.05, 0) is 60.9 Å². The molecular weight excluding hydrogens is 321 g/mol. The molecule has 2 aromatic carbocycles. The van der Waals surface area contributed by atoms with Crippen LogP contribution in [0.2, 0.25) is 0 Å². The van der Waals surface area contributed by atoms with E-state index in [-0.39, 0.29) is 18.1 Å². The van der Waals surface area contributed by atoms with E-state index in [0.29, 0.717) is 5.56 Å². The van der Waals surface area contributed by atoms with Crippen LogP contribution in [0.15, 0.2) is 40.9 Å². The average molecular weight is 336 g/mol. The van der Waals surface area contributed by atoms with E-state index in [2.05, 4.69) is 21.2 Å². The Hall–Kier alpha value is -1.68. The number of carbonyl (C=O) groups excluding carboxylic acids is 1. The number of anilines is 1. The SMILES string of the molecule is Cc1cc(C)cc(NC(=O)Cc2cc(Br)ccc2F)c1. The van der Waals surface area contributed by atoms with E-state index < -0.39 is 0 Å². The molecule has 0 fully saturated rings.